The number of allylic oxidation sites excluding steroid dienone is 5. The molecule has 2 nitrogen and oxygen atoms in total. The van der Waals surface area contributed by atoms with E-state index in [1.54, 1.807) is 5.57 Å². The molecule has 0 heterocycles. The third-order valence-electron chi connectivity index (χ3n) is 8.71. The Balaban J connectivity index is 1.76. The predicted molar refractivity (Wildman–Crippen MR) is 127 cm³/mol. The lowest BCUT2D eigenvalue weighted by Gasteiger charge is -2.44. The van der Waals surface area contributed by atoms with E-state index < -0.39 is 12.2 Å². The minimum absolute atomic E-state index is 0.385. The smallest absolute Gasteiger partial charge is 0.0811 e. The number of hydrogen-bond donors (Lipinski definition) is 2. The van der Waals surface area contributed by atoms with Crippen LogP contribution in [0, 0.1) is 35.0 Å². The van der Waals surface area contributed by atoms with Gasteiger partial charge in [-0.1, -0.05) is 71.1 Å². The fourth-order valence-electron chi connectivity index (χ4n) is 6.32. The Hall–Kier alpha value is -1.12. The maximum Gasteiger partial charge on any atom is 0.0811 e. The first-order valence-corrected chi connectivity index (χ1v) is 12.3. The Morgan fingerprint density at radius 1 is 1.07 bits per heavy atom. The van der Waals surface area contributed by atoms with E-state index in [1.165, 1.54) is 32.1 Å². The zero-order valence-corrected chi connectivity index (χ0v) is 19.9. The van der Waals surface area contributed by atoms with Gasteiger partial charge in [-0.2, -0.15) is 0 Å². The molecule has 7 atom stereocenters. The van der Waals surface area contributed by atoms with Gasteiger partial charge >= 0.3 is 0 Å². The minimum Gasteiger partial charge on any atom is -0.393 e. The van der Waals surface area contributed by atoms with Crippen LogP contribution in [0.15, 0.2) is 47.6 Å². The molecule has 3 fully saturated rings. The van der Waals surface area contributed by atoms with Crippen molar-refractivity contribution in [2.45, 2.75) is 91.8 Å². The van der Waals surface area contributed by atoms with Crippen molar-refractivity contribution in [2.75, 3.05) is 0 Å². The monoisotopic (exact) mass is 412 g/mol. The van der Waals surface area contributed by atoms with Gasteiger partial charge in [0.1, 0.15) is 0 Å². The van der Waals surface area contributed by atoms with Crippen LogP contribution in [0.1, 0.15) is 79.6 Å². The molecule has 2 N–H and O–H groups in total. The second kappa shape index (κ2) is 9.57. The maximum absolute atomic E-state index is 10.1. The highest BCUT2D eigenvalue weighted by molar-refractivity contribution is 5.38. The summed E-state index contributed by atoms with van der Waals surface area (Å²) in [4.78, 5) is 0. The van der Waals surface area contributed by atoms with Crippen molar-refractivity contribution >= 4 is 0 Å². The first-order chi connectivity index (χ1) is 14.1. The summed E-state index contributed by atoms with van der Waals surface area (Å²) < 4.78 is 0. The number of aliphatic hydroxyl groups is 2. The first kappa shape index (κ1) is 23.5. The summed E-state index contributed by atoms with van der Waals surface area (Å²) in [6.45, 7) is 16.0. The average molecular weight is 413 g/mol. The predicted octanol–water partition coefficient (Wildman–Crippen LogP) is 6.61. The molecule has 168 valence electrons. The van der Waals surface area contributed by atoms with E-state index in [0.29, 0.717) is 41.9 Å². The quantitative estimate of drug-likeness (QED) is 0.499. The molecule has 0 bridgehead atoms. The molecule has 0 aromatic carbocycles. The normalized spacial score (nSPS) is 39.8. The molecule has 30 heavy (non-hydrogen) atoms. The summed E-state index contributed by atoms with van der Waals surface area (Å²) in [5.41, 5.74) is 3.77. The molecule has 0 aromatic heterocycles. The molecule has 0 radical (unpaired) electrons. The summed E-state index contributed by atoms with van der Waals surface area (Å²) >= 11 is 0. The lowest BCUT2D eigenvalue weighted by molar-refractivity contribution is 0.0862. The van der Waals surface area contributed by atoms with Gasteiger partial charge in [0.15, 0.2) is 0 Å². The molecule has 3 aliphatic carbocycles. The van der Waals surface area contributed by atoms with Gasteiger partial charge in [0.25, 0.3) is 0 Å². The first-order valence-electron chi connectivity index (χ1n) is 12.3. The van der Waals surface area contributed by atoms with Crippen LogP contribution in [0.4, 0.5) is 0 Å². The van der Waals surface area contributed by atoms with Crippen molar-refractivity contribution in [3.63, 3.8) is 0 Å². The second-order valence-electron chi connectivity index (χ2n) is 11.0. The molecule has 0 saturated heterocycles. The summed E-state index contributed by atoms with van der Waals surface area (Å²) in [5.74, 6) is 3.38. The van der Waals surface area contributed by atoms with Crippen molar-refractivity contribution in [1.82, 2.24) is 0 Å². The fourth-order valence-corrected chi connectivity index (χ4v) is 6.32. The Labute approximate surface area is 184 Å². The number of hydrogen-bond acceptors (Lipinski definition) is 2. The third-order valence-corrected chi connectivity index (χ3v) is 8.71. The summed E-state index contributed by atoms with van der Waals surface area (Å²) in [7, 11) is 0. The molecule has 0 aromatic rings. The van der Waals surface area contributed by atoms with E-state index in [0.717, 1.165) is 17.1 Å². The number of aliphatic hydroxyl groups excluding tert-OH is 2. The van der Waals surface area contributed by atoms with Gasteiger partial charge < -0.3 is 10.2 Å². The van der Waals surface area contributed by atoms with Crippen LogP contribution in [-0.2, 0) is 0 Å². The van der Waals surface area contributed by atoms with Gasteiger partial charge in [-0.25, -0.2) is 0 Å². The van der Waals surface area contributed by atoms with Gasteiger partial charge in [-0.05, 0) is 84.7 Å². The van der Waals surface area contributed by atoms with Crippen LogP contribution >= 0.6 is 0 Å². The van der Waals surface area contributed by atoms with Gasteiger partial charge in [0, 0.05) is 6.42 Å². The summed E-state index contributed by atoms with van der Waals surface area (Å²) in [5, 5.41) is 20.2. The average Bonchev–Trinajstić information content (AvgIpc) is 3.04. The highest BCUT2D eigenvalue weighted by Gasteiger charge is 2.50. The molecule has 0 spiro atoms. The second-order valence-corrected chi connectivity index (χ2v) is 11.0. The lowest BCUT2D eigenvalue weighted by atomic mass is 9.61. The van der Waals surface area contributed by atoms with E-state index in [4.69, 9.17) is 0 Å². The number of fused-ring (bicyclic) bond motifs is 1. The Morgan fingerprint density at radius 2 is 1.80 bits per heavy atom. The molecule has 3 rings (SSSR count). The van der Waals surface area contributed by atoms with Crippen LogP contribution in [-0.4, -0.2) is 22.4 Å². The molecule has 0 amide bonds. The Morgan fingerprint density at radius 3 is 2.50 bits per heavy atom. The van der Waals surface area contributed by atoms with E-state index in [-0.39, 0.29) is 0 Å². The summed E-state index contributed by atoms with van der Waals surface area (Å²) in [6.07, 6.45) is 15.8. The highest BCUT2D eigenvalue weighted by Crippen LogP contribution is 2.59. The van der Waals surface area contributed by atoms with E-state index in [2.05, 4.69) is 65.5 Å². The molecular formula is C28H44O2. The summed E-state index contributed by atoms with van der Waals surface area (Å²) in [6, 6.07) is 0. The molecule has 2 heteroatoms. The third kappa shape index (κ3) is 4.86. The van der Waals surface area contributed by atoms with Gasteiger partial charge in [0.2, 0.25) is 0 Å². The van der Waals surface area contributed by atoms with Gasteiger partial charge in [-0.3, -0.25) is 0 Å². The Kier molecular flexibility index (Phi) is 7.51. The minimum atomic E-state index is -0.605. The molecular weight excluding hydrogens is 368 g/mol. The van der Waals surface area contributed by atoms with Crippen molar-refractivity contribution in [1.29, 1.82) is 0 Å². The van der Waals surface area contributed by atoms with Crippen molar-refractivity contribution in [3.05, 3.63) is 47.6 Å². The number of rotatable bonds is 5. The SMILES string of the molecule is C=C1/C(=C/C=C2/CCC[C@]3(C)[C@@H]([C@H](C)C=C[C@H](C)C(C)C)CC[C@@H]23)C[C@@H](O)C[C@@H]1O. The fraction of sp³-hybridized carbons (Fsp3) is 0.714. The van der Waals surface area contributed by atoms with Crippen LogP contribution in [0.5, 0.6) is 0 Å². The molecule has 0 aliphatic heterocycles. The van der Waals surface area contributed by atoms with Crippen LogP contribution in [0.2, 0.25) is 0 Å². The van der Waals surface area contributed by atoms with Gasteiger partial charge in [-0.15, -0.1) is 0 Å². The Bertz CT molecular complexity index is 712. The molecule has 0 unspecified atom stereocenters. The van der Waals surface area contributed by atoms with E-state index in [1.807, 2.05) is 0 Å². The largest absolute Gasteiger partial charge is 0.393 e. The van der Waals surface area contributed by atoms with Crippen molar-refractivity contribution in [3.8, 4) is 0 Å². The van der Waals surface area contributed by atoms with Crippen LogP contribution in [0.3, 0.4) is 0 Å². The molecule has 3 saturated carbocycles. The van der Waals surface area contributed by atoms with Crippen LogP contribution < -0.4 is 0 Å². The maximum atomic E-state index is 10.1. The standard InChI is InChI=1S/C28H44O2/c1-18(2)19(3)9-10-20(4)25-13-14-26-22(8-7-15-28(25,26)6)11-12-23-16-24(29)17-27(30)21(23)5/h9-12,18-20,24-27,29-30H,5,7-8,13-17H2,1-4,6H3/b10-9?,22-11-,23-12+/t19-,20+,24+,25+,26-,27-,28+/m0/s1. The van der Waals surface area contributed by atoms with E-state index in [9.17, 15) is 10.2 Å². The van der Waals surface area contributed by atoms with Crippen molar-refractivity contribution < 1.29 is 10.2 Å². The topological polar surface area (TPSA) is 40.5 Å². The zero-order chi connectivity index (χ0) is 22.1. The lowest BCUT2D eigenvalue weighted by Crippen LogP contribution is -2.35. The zero-order valence-electron chi connectivity index (χ0n) is 19.9. The highest BCUT2D eigenvalue weighted by atomic mass is 16.3. The molecule has 3 aliphatic rings. The van der Waals surface area contributed by atoms with Gasteiger partial charge in [0.05, 0.1) is 12.2 Å². The van der Waals surface area contributed by atoms with E-state index >= 15 is 0 Å². The van der Waals surface area contributed by atoms with Crippen molar-refractivity contribution in [2.24, 2.45) is 35.0 Å². The van der Waals surface area contributed by atoms with Crippen LogP contribution in [0.25, 0.3) is 0 Å².